The maximum absolute atomic E-state index is 6.24. The van der Waals surface area contributed by atoms with E-state index in [0.29, 0.717) is 11.1 Å². The molecule has 0 spiro atoms. The summed E-state index contributed by atoms with van der Waals surface area (Å²) in [6.45, 7) is 0. The molecule has 3 nitrogen and oxygen atoms in total. The summed E-state index contributed by atoms with van der Waals surface area (Å²) in [6.07, 6.45) is 4.33. The Balaban J connectivity index is 1.91. The molecule has 3 rings (SSSR count). The van der Waals surface area contributed by atoms with Crippen molar-refractivity contribution < 1.29 is 0 Å². The molecule has 0 aliphatic heterocycles. The van der Waals surface area contributed by atoms with Gasteiger partial charge in [-0.1, -0.05) is 33.6 Å². The molecule has 1 aromatic carbocycles. The van der Waals surface area contributed by atoms with E-state index in [1.807, 2.05) is 24.3 Å². The van der Waals surface area contributed by atoms with Crippen molar-refractivity contribution in [2.45, 2.75) is 25.7 Å². The second-order valence-corrected chi connectivity index (χ2v) is 5.88. The number of aryl methyl sites for hydroxylation is 1. The van der Waals surface area contributed by atoms with Crippen LogP contribution in [0.2, 0.25) is 5.15 Å². The minimum Gasteiger partial charge on any atom is -0.324 e. The molecule has 0 saturated heterocycles. The van der Waals surface area contributed by atoms with Gasteiger partial charge in [-0.25, -0.2) is 9.97 Å². The molecule has 5 heteroatoms. The van der Waals surface area contributed by atoms with Gasteiger partial charge in [0.1, 0.15) is 5.15 Å². The lowest BCUT2D eigenvalue weighted by Gasteiger charge is -2.16. The summed E-state index contributed by atoms with van der Waals surface area (Å²) in [5.74, 6) is 0.573. The van der Waals surface area contributed by atoms with Crippen LogP contribution in [-0.4, -0.2) is 9.97 Å². The highest BCUT2D eigenvalue weighted by Gasteiger charge is 2.16. The quantitative estimate of drug-likeness (QED) is 0.818. The lowest BCUT2D eigenvalue weighted by Crippen LogP contribution is -2.10. The number of rotatable bonds is 2. The highest BCUT2D eigenvalue weighted by molar-refractivity contribution is 9.10. The van der Waals surface area contributed by atoms with Crippen LogP contribution >= 0.6 is 27.5 Å². The molecule has 1 N–H and O–H groups in total. The first-order chi connectivity index (χ1) is 9.22. The summed E-state index contributed by atoms with van der Waals surface area (Å²) in [4.78, 5) is 8.92. The maximum Gasteiger partial charge on any atom is 0.228 e. The largest absolute Gasteiger partial charge is 0.324 e. The Bertz CT molecular complexity index is 616. The number of anilines is 2. The summed E-state index contributed by atoms with van der Waals surface area (Å²) in [5, 5.41) is 3.78. The molecule has 0 saturated carbocycles. The fourth-order valence-electron chi connectivity index (χ4n) is 2.30. The lowest BCUT2D eigenvalue weighted by atomic mass is 9.97. The predicted octanol–water partition coefficient (Wildman–Crippen LogP) is 4.51. The van der Waals surface area contributed by atoms with Crippen molar-refractivity contribution in [3.05, 3.63) is 45.1 Å². The first-order valence-electron chi connectivity index (χ1n) is 6.30. The number of benzene rings is 1. The number of fused-ring (bicyclic) bond motifs is 1. The smallest absolute Gasteiger partial charge is 0.228 e. The Morgan fingerprint density at radius 3 is 2.84 bits per heavy atom. The topological polar surface area (TPSA) is 37.8 Å². The van der Waals surface area contributed by atoms with E-state index < -0.39 is 0 Å². The third-order valence-corrected chi connectivity index (χ3v) is 4.02. The van der Waals surface area contributed by atoms with E-state index in [1.54, 1.807) is 0 Å². The number of hydrogen-bond donors (Lipinski definition) is 1. The monoisotopic (exact) mass is 337 g/mol. The van der Waals surface area contributed by atoms with E-state index in [1.165, 1.54) is 12.8 Å². The summed E-state index contributed by atoms with van der Waals surface area (Å²) >= 11 is 9.69. The van der Waals surface area contributed by atoms with Crippen molar-refractivity contribution in [3.63, 3.8) is 0 Å². The first-order valence-corrected chi connectivity index (χ1v) is 7.47. The van der Waals surface area contributed by atoms with Crippen LogP contribution in [0, 0.1) is 0 Å². The third-order valence-electron chi connectivity index (χ3n) is 3.21. The molecular weight excluding hydrogens is 326 g/mol. The zero-order chi connectivity index (χ0) is 13.2. The average molecular weight is 339 g/mol. The molecule has 0 fully saturated rings. The van der Waals surface area contributed by atoms with Crippen LogP contribution in [0.25, 0.3) is 0 Å². The lowest BCUT2D eigenvalue weighted by molar-refractivity contribution is 0.664. The summed E-state index contributed by atoms with van der Waals surface area (Å²) in [6, 6.07) is 7.90. The SMILES string of the molecule is Clc1nc(Nc2cccc(Br)c2)nc2c1CCCC2. The Morgan fingerprint density at radius 1 is 1.16 bits per heavy atom. The first kappa shape index (κ1) is 12.9. The molecular formula is C14H13BrClN3. The predicted molar refractivity (Wildman–Crippen MR) is 81.1 cm³/mol. The number of halogens is 2. The molecule has 0 bridgehead atoms. The van der Waals surface area contributed by atoms with Crippen molar-refractivity contribution >= 4 is 39.2 Å². The molecule has 19 heavy (non-hydrogen) atoms. The van der Waals surface area contributed by atoms with Crippen LogP contribution in [0.4, 0.5) is 11.6 Å². The van der Waals surface area contributed by atoms with Gasteiger partial charge in [-0.2, -0.15) is 0 Å². The zero-order valence-electron chi connectivity index (χ0n) is 10.3. The van der Waals surface area contributed by atoms with Crippen LogP contribution in [0.5, 0.6) is 0 Å². The Hall–Kier alpha value is -1.13. The zero-order valence-corrected chi connectivity index (χ0v) is 12.6. The number of nitrogens with one attached hydrogen (secondary N) is 1. The molecule has 98 valence electrons. The highest BCUT2D eigenvalue weighted by atomic mass is 79.9. The third kappa shape index (κ3) is 2.90. The Kier molecular flexibility index (Phi) is 3.71. The van der Waals surface area contributed by atoms with E-state index >= 15 is 0 Å². The van der Waals surface area contributed by atoms with Crippen molar-refractivity contribution in [3.8, 4) is 0 Å². The van der Waals surface area contributed by atoms with E-state index in [4.69, 9.17) is 11.6 Å². The van der Waals surface area contributed by atoms with Gasteiger partial charge in [0.15, 0.2) is 0 Å². The van der Waals surface area contributed by atoms with Crippen LogP contribution in [-0.2, 0) is 12.8 Å². The van der Waals surface area contributed by atoms with Crippen molar-refractivity contribution in [1.29, 1.82) is 0 Å². The fraction of sp³-hybridized carbons (Fsp3) is 0.286. The van der Waals surface area contributed by atoms with Gasteiger partial charge in [0.2, 0.25) is 5.95 Å². The van der Waals surface area contributed by atoms with Crippen LogP contribution < -0.4 is 5.32 Å². The standard InChI is InChI=1S/C14H13BrClN3/c15-9-4-3-5-10(8-9)17-14-18-12-7-2-1-6-11(12)13(16)19-14/h3-5,8H,1-2,6-7H2,(H,17,18,19). The van der Waals surface area contributed by atoms with Crippen molar-refractivity contribution in [2.24, 2.45) is 0 Å². The second-order valence-electron chi connectivity index (χ2n) is 4.61. The molecule has 1 aliphatic carbocycles. The molecule has 1 heterocycles. The van der Waals surface area contributed by atoms with Gasteiger partial charge in [-0.15, -0.1) is 0 Å². The van der Waals surface area contributed by atoms with Gasteiger partial charge in [0, 0.05) is 15.7 Å². The molecule has 0 amide bonds. The van der Waals surface area contributed by atoms with Crippen molar-refractivity contribution in [1.82, 2.24) is 9.97 Å². The molecule has 0 unspecified atom stereocenters. The summed E-state index contributed by atoms with van der Waals surface area (Å²) in [7, 11) is 0. The maximum atomic E-state index is 6.24. The average Bonchev–Trinajstić information content (AvgIpc) is 2.39. The van der Waals surface area contributed by atoms with Crippen LogP contribution in [0.15, 0.2) is 28.7 Å². The van der Waals surface area contributed by atoms with Gasteiger partial charge in [-0.05, 0) is 43.9 Å². The summed E-state index contributed by atoms with van der Waals surface area (Å²) < 4.78 is 1.02. The summed E-state index contributed by atoms with van der Waals surface area (Å²) in [5.41, 5.74) is 3.15. The van der Waals surface area contributed by atoms with Gasteiger partial charge in [0.05, 0.1) is 5.69 Å². The number of hydrogen-bond acceptors (Lipinski definition) is 3. The van der Waals surface area contributed by atoms with E-state index in [0.717, 1.165) is 34.3 Å². The van der Waals surface area contributed by atoms with Gasteiger partial charge < -0.3 is 5.32 Å². The molecule has 1 aromatic heterocycles. The van der Waals surface area contributed by atoms with E-state index in [-0.39, 0.29) is 0 Å². The Morgan fingerprint density at radius 2 is 2.00 bits per heavy atom. The molecule has 1 aliphatic rings. The van der Waals surface area contributed by atoms with Crippen LogP contribution in [0.3, 0.4) is 0 Å². The van der Waals surface area contributed by atoms with Crippen LogP contribution in [0.1, 0.15) is 24.1 Å². The highest BCUT2D eigenvalue weighted by Crippen LogP contribution is 2.27. The molecule has 0 radical (unpaired) electrons. The normalized spacial score (nSPS) is 14.0. The van der Waals surface area contributed by atoms with E-state index in [2.05, 4.69) is 31.2 Å². The van der Waals surface area contributed by atoms with Gasteiger partial charge >= 0.3 is 0 Å². The minimum atomic E-state index is 0.573. The van der Waals surface area contributed by atoms with Gasteiger partial charge in [0.25, 0.3) is 0 Å². The minimum absolute atomic E-state index is 0.573. The van der Waals surface area contributed by atoms with E-state index in [9.17, 15) is 0 Å². The van der Waals surface area contributed by atoms with Gasteiger partial charge in [-0.3, -0.25) is 0 Å². The fourth-order valence-corrected chi connectivity index (χ4v) is 2.98. The number of aromatic nitrogens is 2. The molecule has 0 atom stereocenters. The number of nitrogens with zero attached hydrogens (tertiary/aromatic N) is 2. The van der Waals surface area contributed by atoms with Crippen molar-refractivity contribution in [2.75, 3.05) is 5.32 Å². The Labute approximate surface area is 125 Å². The molecule has 2 aromatic rings. The second kappa shape index (κ2) is 5.47.